The molecule has 2 aromatic rings. The monoisotopic (exact) mass is 246 g/mol. The summed E-state index contributed by atoms with van der Waals surface area (Å²) in [6, 6.07) is 12.6. The van der Waals surface area contributed by atoms with Crippen LogP contribution in [-0.4, -0.2) is 4.98 Å². The van der Waals surface area contributed by atoms with Crippen molar-refractivity contribution in [1.29, 1.82) is 0 Å². The van der Waals surface area contributed by atoms with Gasteiger partial charge in [-0.05, 0) is 47.7 Å². The lowest BCUT2D eigenvalue weighted by atomic mass is 9.99. The molecule has 1 aromatic carbocycles. The molecule has 0 aliphatic heterocycles. The molecule has 17 heavy (non-hydrogen) atoms. The average Bonchev–Trinajstić information content (AvgIpc) is 3.10. The van der Waals surface area contributed by atoms with Crippen LogP contribution in [0.3, 0.4) is 0 Å². The van der Waals surface area contributed by atoms with Gasteiger partial charge in [0.25, 0.3) is 0 Å². The first-order valence-electron chi connectivity index (χ1n) is 5.58. The number of aromatic nitrogens is 1. The summed E-state index contributed by atoms with van der Waals surface area (Å²) in [7, 11) is 0. The molecule has 3 rings (SSSR count). The van der Waals surface area contributed by atoms with Crippen LogP contribution in [-0.2, 0) is 5.54 Å². The largest absolute Gasteiger partial charge is 0.321 e. The molecular weight excluding hydrogens is 232 g/mol. The predicted molar refractivity (Wildman–Crippen MR) is 72.0 cm³/mol. The summed E-state index contributed by atoms with van der Waals surface area (Å²) in [6.45, 7) is 0. The lowest BCUT2D eigenvalue weighted by Gasteiger charge is -2.10. The van der Waals surface area contributed by atoms with Crippen LogP contribution >= 0.6 is 12.4 Å². The summed E-state index contributed by atoms with van der Waals surface area (Å²) < 4.78 is 0. The second kappa shape index (κ2) is 4.47. The summed E-state index contributed by atoms with van der Waals surface area (Å²) in [4.78, 5) is 4.03. The second-order valence-corrected chi connectivity index (χ2v) is 4.47. The molecule has 1 saturated carbocycles. The van der Waals surface area contributed by atoms with Gasteiger partial charge in [0.15, 0.2) is 0 Å². The molecule has 1 aliphatic rings. The Balaban J connectivity index is 0.00000108. The maximum absolute atomic E-state index is 6.20. The van der Waals surface area contributed by atoms with Gasteiger partial charge in [0, 0.05) is 17.9 Å². The van der Waals surface area contributed by atoms with Gasteiger partial charge in [0.1, 0.15) is 0 Å². The van der Waals surface area contributed by atoms with Crippen molar-refractivity contribution >= 4 is 12.4 Å². The zero-order chi connectivity index (χ0) is 11.0. The lowest BCUT2D eigenvalue weighted by molar-refractivity contribution is 0.740. The van der Waals surface area contributed by atoms with Gasteiger partial charge >= 0.3 is 0 Å². The molecule has 0 unspecified atom stereocenters. The number of rotatable bonds is 2. The molecule has 0 amide bonds. The first-order chi connectivity index (χ1) is 7.78. The minimum atomic E-state index is -0.0525. The van der Waals surface area contributed by atoms with Gasteiger partial charge in [-0.3, -0.25) is 4.98 Å². The van der Waals surface area contributed by atoms with Crippen molar-refractivity contribution in [2.75, 3.05) is 0 Å². The van der Waals surface area contributed by atoms with Gasteiger partial charge in [-0.15, -0.1) is 12.4 Å². The van der Waals surface area contributed by atoms with E-state index in [9.17, 15) is 0 Å². The van der Waals surface area contributed by atoms with Gasteiger partial charge in [0.05, 0.1) is 0 Å². The predicted octanol–water partition coefficient (Wildman–Crippen LogP) is 3.12. The SMILES string of the molecule is Cl.NC1(c2cccc(-c3ccncc3)c2)CC1. The minimum Gasteiger partial charge on any atom is -0.321 e. The van der Waals surface area contributed by atoms with E-state index in [1.807, 2.05) is 24.5 Å². The van der Waals surface area contributed by atoms with Crippen LogP contribution in [0.2, 0.25) is 0 Å². The molecule has 1 aromatic heterocycles. The highest BCUT2D eigenvalue weighted by Crippen LogP contribution is 2.43. The second-order valence-electron chi connectivity index (χ2n) is 4.47. The fourth-order valence-corrected chi connectivity index (χ4v) is 1.98. The highest BCUT2D eigenvalue weighted by Gasteiger charge is 2.39. The Kier molecular flexibility index (Phi) is 3.18. The van der Waals surface area contributed by atoms with Gasteiger partial charge < -0.3 is 5.73 Å². The third-order valence-electron chi connectivity index (χ3n) is 3.24. The van der Waals surface area contributed by atoms with Crippen molar-refractivity contribution in [2.45, 2.75) is 18.4 Å². The van der Waals surface area contributed by atoms with Gasteiger partial charge in [-0.25, -0.2) is 0 Å². The lowest BCUT2D eigenvalue weighted by Crippen LogP contribution is -2.18. The van der Waals surface area contributed by atoms with E-state index < -0.39 is 0 Å². The van der Waals surface area contributed by atoms with Crippen LogP contribution in [0.5, 0.6) is 0 Å². The molecule has 1 aliphatic carbocycles. The number of nitrogens with zero attached hydrogens (tertiary/aromatic N) is 1. The Hall–Kier alpha value is -1.38. The van der Waals surface area contributed by atoms with Crippen LogP contribution in [0.25, 0.3) is 11.1 Å². The molecule has 88 valence electrons. The van der Waals surface area contributed by atoms with Gasteiger partial charge in [-0.2, -0.15) is 0 Å². The fraction of sp³-hybridized carbons (Fsp3) is 0.214. The van der Waals surface area contributed by atoms with E-state index in [0.717, 1.165) is 12.8 Å². The van der Waals surface area contributed by atoms with Gasteiger partial charge in [-0.1, -0.05) is 18.2 Å². The standard InChI is InChI=1S/C14H14N2.ClH/c15-14(6-7-14)13-3-1-2-12(10-13)11-4-8-16-9-5-11;/h1-5,8-10H,6-7,15H2;1H. The number of halogens is 1. The van der Waals surface area contributed by atoms with Gasteiger partial charge in [0.2, 0.25) is 0 Å². The third-order valence-corrected chi connectivity index (χ3v) is 3.24. The Morgan fingerprint density at radius 1 is 1.00 bits per heavy atom. The quantitative estimate of drug-likeness (QED) is 0.884. The molecule has 0 spiro atoms. The molecule has 0 radical (unpaired) electrons. The smallest absolute Gasteiger partial charge is 0.0411 e. The van der Waals surface area contributed by atoms with E-state index in [-0.39, 0.29) is 17.9 Å². The van der Waals surface area contributed by atoms with Crippen molar-refractivity contribution in [3.63, 3.8) is 0 Å². The highest BCUT2D eigenvalue weighted by molar-refractivity contribution is 5.85. The van der Waals surface area contributed by atoms with Crippen LogP contribution < -0.4 is 5.73 Å². The van der Waals surface area contributed by atoms with E-state index in [1.54, 1.807) is 0 Å². The first-order valence-corrected chi connectivity index (χ1v) is 5.58. The Morgan fingerprint density at radius 3 is 2.35 bits per heavy atom. The summed E-state index contributed by atoms with van der Waals surface area (Å²) in [5.74, 6) is 0. The van der Waals surface area contributed by atoms with E-state index in [1.165, 1.54) is 16.7 Å². The maximum atomic E-state index is 6.20. The summed E-state index contributed by atoms with van der Waals surface area (Å²) >= 11 is 0. The molecule has 0 saturated heterocycles. The molecular formula is C14H15ClN2. The molecule has 1 fully saturated rings. The number of hydrogen-bond donors (Lipinski definition) is 1. The average molecular weight is 247 g/mol. The van der Waals surface area contributed by atoms with E-state index >= 15 is 0 Å². The number of hydrogen-bond acceptors (Lipinski definition) is 2. The van der Waals surface area contributed by atoms with Crippen molar-refractivity contribution in [3.05, 3.63) is 54.4 Å². The third kappa shape index (κ3) is 2.33. The minimum absolute atomic E-state index is 0. The van der Waals surface area contributed by atoms with Crippen LogP contribution in [0.1, 0.15) is 18.4 Å². The molecule has 0 bridgehead atoms. The van der Waals surface area contributed by atoms with Crippen molar-refractivity contribution in [1.82, 2.24) is 4.98 Å². The van der Waals surface area contributed by atoms with Crippen LogP contribution in [0, 0.1) is 0 Å². The topological polar surface area (TPSA) is 38.9 Å². The Morgan fingerprint density at radius 2 is 1.71 bits per heavy atom. The highest BCUT2D eigenvalue weighted by atomic mass is 35.5. The zero-order valence-electron chi connectivity index (χ0n) is 9.47. The summed E-state index contributed by atoms with van der Waals surface area (Å²) in [5, 5.41) is 0. The Labute approximate surface area is 107 Å². The van der Waals surface area contributed by atoms with Crippen molar-refractivity contribution < 1.29 is 0 Å². The van der Waals surface area contributed by atoms with Crippen molar-refractivity contribution in [3.8, 4) is 11.1 Å². The van der Waals surface area contributed by atoms with Crippen LogP contribution in [0.4, 0.5) is 0 Å². The summed E-state index contributed by atoms with van der Waals surface area (Å²) in [5.41, 5.74) is 9.82. The Bertz CT molecular complexity index is 507. The normalized spacial score (nSPS) is 16.1. The fourth-order valence-electron chi connectivity index (χ4n) is 1.98. The van der Waals surface area contributed by atoms with E-state index in [0.29, 0.717) is 0 Å². The van der Waals surface area contributed by atoms with E-state index in [4.69, 9.17) is 5.73 Å². The zero-order valence-corrected chi connectivity index (χ0v) is 10.3. The number of benzene rings is 1. The molecule has 3 heteroatoms. The van der Waals surface area contributed by atoms with Crippen LogP contribution in [0.15, 0.2) is 48.8 Å². The van der Waals surface area contributed by atoms with E-state index in [2.05, 4.69) is 29.2 Å². The molecule has 0 atom stereocenters. The number of nitrogens with two attached hydrogens (primary N) is 1. The molecule has 2 nitrogen and oxygen atoms in total. The molecule has 2 N–H and O–H groups in total. The molecule has 1 heterocycles. The summed E-state index contributed by atoms with van der Waals surface area (Å²) in [6.07, 6.45) is 5.84. The maximum Gasteiger partial charge on any atom is 0.0411 e. The number of pyridine rings is 1. The van der Waals surface area contributed by atoms with Crippen molar-refractivity contribution in [2.24, 2.45) is 5.73 Å². The first kappa shape index (κ1) is 12.1.